The van der Waals surface area contributed by atoms with E-state index in [1.165, 1.54) is 6.20 Å². The highest BCUT2D eigenvalue weighted by Gasteiger charge is 2.38. The van der Waals surface area contributed by atoms with Gasteiger partial charge in [0, 0.05) is 47.1 Å². The largest absolute Gasteiger partial charge is 0.507 e. The van der Waals surface area contributed by atoms with Crippen LogP contribution in [0.1, 0.15) is 40.5 Å². The van der Waals surface area contributed by atoms with Crippen molar-refractivity contribution in [2.24, 2.45) is 0 Å². The van der Waals surface area contributed by atoms with E-state index in [4.69, 9.17) is 4.74 Å². The lowest BCUT2D eigenvalue weighted by atomic mass is 9.81. The van der Waals surface area contributed by atoms with E-state index in [9.17, 15) is 10.2 Å². The number of aromatic nitrogens is 3. The Kier molecular flexibility index (Phi) is 4.58. The van der Waals surface area contributed by atoms with Gasteiger partial charge in [0.2, 0.25) is 11.8 Å². The molecule has 0 aliphatic carbocycles. The lowest BCUT2D eigenvalue weighted by Crippen LogP contribution is -2.60. The summed E-state index contributed by atoms with van der Waals surface area (Å²) < 4.78 is 6.11. The number of ether oxygens (including phenoxy) is 1. The molecule has 2 aromatic heterocycles. The Bertz CT molecular complexity index is 1030. The Morgan fingerprint density at radius 1 is 1.00 bits per heavy atom. The SMILES string of the molecule is CC1(C)CC(Oc2ccc(-c3cc4c(O)nccc4cc3O)nn2)CC(C)(C)N1. The van der Waals surface area contributed by atoms with Crippen LogP contribution in [0.5, 0.6) is 17.5 Å². The summed E-state index contributed by atoms with van der Waals surface area (Å²) in [7, 11) is 0. The van der Waals surface area contributed by atoms with Gasteiger partial charge in [0.25, 0.3) is 0 Å². The number of hydrogen-bond donors (Lipinski definition) is 3. The normalized spacial score (nSPS) is 18.6. The lowest BCUT2D eigenvalue weighted by Gasteiger charge is -2.46. The van der Waals surface area contributed by atoms with Gasteiger partial charge in [-0.15, -0.1) is 10.2 Å². The molecule has 1 aliphatic rings. The van der Waals surface area contributed by atoms with Crippen LogP contribution in [0.3, 0.4) is 0 Å². The van der Waals surface area contributed by atoms with Gasteiger partial charge in [-0.25, -0.2) is 4.98 Å². The van der Waals surface area contributed by atoms with Gasteiger partial charge in [-0.1, -0.05) is 0 Å². The molecule has 0 radical (unpaired) electrons. The fourth-order valence-corrected chi connectivity index (χ4v) is 4.41. The Morgan fingerprint density at radius 3 is 2.38 bits per heavy atom. The molecule has 3 heterocycles. The Labute approximate surface area is 169 Å². The first-order valence-corrected chi connectivity index (χ1v) is 9.73. The van der Waals surface area contributed by atoms with Crippen molar-refractivity contribution >= 4 is 10.8 Å². The van der Waals surface area contributed by atoms with Crippen LogP contribution in [0.4, 0.5) is 0 Å². The van der Waals surface area contributed by atoms with Crippen LogP contribution < -0.4 is 10.1 Å². The number of fused-ring (bicyclic) bond motifs is 1. The molecule has 0 amide bonds. The van der Waals surface area contributed by atoms with E-state index in [0.29, 0.717) is 27.9 Å². The third-order valence-electron chi connectivity index (χ3n) is 5.22. The van der Waals surface area contributed by atoms with Crippen LogP contribution in [-0.2, 0) is 0 Å². The van der Waals surface area contributed by atoms with E-state index in [2.05, 4.69) is 48.2 Å². The van der Waals surface area contributed by atoms with Crippen LogP contribution in [0, 0.1) is 0 Å². The van der Waals surface area contributed by atoms with Crippen molar-refractivity contribution in [2.45, 2.75) is 57.7 Å². The second-order valence-electron chi connectivity index (χ2n) is 9.02. The topological polar surface area (TPSA) is 100 Å². The van der Waals surface area contributed by atoms with E-state index in [-0.39, 0.29) is 28.8 Å². The minimum atomic E-state index is -0.0900. The Hall–Kier alpha value is -2.93. The zero-order chi connectivity index (χ0) is 20.8. The zero-order valence-corrected chi connectivity index (χ0v) is 17.1. The molecular weight excluding hydrogens is 368 g/mol. The second-order valence-corrected chi connectivity index (χ2v) is 9.02. The molecule has 1 fully saturated rings. The maximum atomic E-state index is 10.4. The van der Waals surface area contributed by atoms with E-state index in [1.54, 1.807) is 30.3 Å². The van der Waals surface area contributed by atoms with Crippen LogP contribution in [0.15, 0.2) is 36.5 Å². The molecule has 0 spiro atoms. The fourth-order valence-electron chi connectivity index (χ4n) is 4.41. The first-order chi connectivity index (χ1) is 13.6. The molecule has 0 saturated carbocycles. The number of nitrogens with one attached hydrogen (secondary N) is 1. The smallest absolute Gasteiger partial charge is 0.233 e. The van der Waals surface area contributed by atoms with Crippen molar-refractivity contribution in [3.05, 3.63) is 36.5 Å². The highest BCUT2D eigenvalue weighted by Crippen LogP contribution is 2.35. The monoisotopic (exact) mass is 394 g/mol. The van der Waals surface area contributed by atoms with Crippen molar-refractivity contribution in [1.82, 2.24) is 20.5 Å². The first kappa shape index (κ1) is 19.4. The summed E-state index contributed by atoms with van der Waals surface area (Å²) in [5, 5.41) is 33.7. The molecule has 7 nitrogen and oxygen atoms in total. The molecule has 0 atom stereocenters. The highest BCUT2D eigenvalue weighted by molar-refractivity contribution is 5.92. The number of piperidine rings is 1. The van der Waals surface area contributed by atoms with Crippen molar-refractivity contribution in [3.8, 4) is 28.8 Å². The van der Waals surface area contributed by atoms with Crippen molar-refractivity contribution in [2.75, 3.05) is 0 Å². The Morgan fingerprint density at radius 2 is 1.72 bits per heavy atom. The summed E-state index contributed by atoms with van der Waals surface area (Å²) in [5.74, 6) is 0.428. The number of pyridine rings is 1. The molecule has 29 heavy (non-hydrogen) atoms. The number of phenols is 1. The van der Waals surface area contributed by atoms with Crippen molar-refractivity contribution < 1.29 is 14.9 Å². The number of rotatable bonds is 3. The number of benzene rings is 1. The average molecular weight is 394 g/mol. The minimum Gasteiger partial charge on any atom is -0.507 e. The number of phenolic OH excluding ortho intramolecular Hbond substituents is 1. The van der Waals surface area contributed by atoms with Gasteiger partial charge in [0.15, 0.2) is 0 Å². The van der Waals surface area contributed by atoms with Crippen molar-refractivity contribution in [3.63, 3.8) is 0 Å². The van der Waals surface area contributed by atoms with Crippen LogP contribution in [-0.4, -0.2) is 42.6 Å². The number of aromatic hydroxyl groups is 2. The molecular formula is C22H26N4O3. The molecule has 0 bridgehead atoms. The summed E-state index contributed by atoms with van der Waals surface area (Å²) in [5.41, 5.74) is 0.925. The van der Waals surface area contributed by atoms with Gasteiger partial charge in [-0.2, -0.15) is 0 Å². The van der Waals surface area contributed by atoms with Gasteiger partial charge >= 0.3 is 0 Å². The summed E-state index contributed by atoms with van der Waals surface area (Å²) >= 11 is 0. The van der Waals surface area contributed by atoms with Gasteiger partial charge in [-0.05, 0) is 57.3 Å². The van der Waals surface area contributed by atoms with E-state index >= 15 is 0 Å². The standard InChI is InChI=1S/C22H26N4O3/c1-21(2)11-14(12-22(3,4)26-21)29-19-6-5-17(24-25-19)16-10-15-13(9-18(16)27)7-8-23-20(15)28/h5-10,14,26-27H,11-12H2,1-4H3,(H,23,28). The van der Waals surface area contributed by atoms with Crippen molar-refractivity contribution in [1.29, 1.82) is 0 Å². The van der Waals surface area contributed by atoms with Crippen LogP contribution in [0.2, 0.25) is 0 Å². The quantitative estimate of drug-likeness (QED) is 0.621. The minimum absolute atomic E-state index is 0.0211. The van der Waals surface area contributed by atoms with Gasteiger partial charge in [0.05, 0.1) is 5.69 Å². The van der Waals surface area contributed by atoms with Gasteiger partial charge < -0.3 is 20.3 Å². The third-order valence-corrected chi connectivity index (χ3v) is 5.22. The molecule has 3 aromatic rings. The van der Waals surface area contributed by atoms with Crippen LogP contribution in [0.25, 0.3) is 22.0 Å². The first-order valence-electron chi connectivity index (χ1n) is 9.73. The molecule has 0 unspecified atom stereocenters. The Balaban J connectivity index is 1.58. The maximum Gasteiger partial charge on any atom is 0.233 e. The molecule has 1 saturated heterocycles. The number of hydrogen-bond acceptors (Lipinski definition) is 7. The number of nitrogens with zero attached hydrogens (tertiary/aromatic N) is 3. The summed E-state index contributed by atoms with van der Waals surface area (Å²) in [6, 6.07) is 8.49. The van der Waals surface area contributed by atoms with E-state index in [1.807, 2.05) is 0 Å². The average Bonchev–Trinajstić information content (AvgIpc) is 2.59. The summed E-state index contributed by atoms with van der Waals surface area (Å²) in [4.78, 5) is 3.89. The molecule has 7 heteroatoms. The molecule has 152 valence electrons. The predicted octanol–water partition coefficient (Wildman–Crippen LogP) is 3.79. The maximum absolute atomic E-state index is 10.4. The van der Waals surface area contributed by atoms with E-state index in [0.717, 1.165) is 12.8 Å². The predicted molar refractivity (Wildman–Crippen MR) is 111 cm³/mol. The second kappa shape index (κ2) is 6.84. The fraction of sp³-hybridized carbons (Fsp3) is 0.409. The van der Waals surface area contributed by atoms with E-state index < -0.39 is 0 Å². The highest BCUT2D eigenvalue weighted by atomic mass is 16.5. The molecule has 1 aromatic carbocycles. The third kappa shape index (κ3) is 4.10. The summed E-state index contributed by atoms with van der Waals surface area (Å²) in [6.07, 6.45) is 3.28. The van der Waals surface area contributed by atoms with Gasteiger partial charge in [0.1, 0.15) is 11.9 Å². The summed E-state index contributed by atoms with van der Waals surface area (Å²) in [6.45, 7) is 8.69. The van der Waals surface area contributed by atoms with Crippen LogP contribution >= 0.6 is 0 Å². The molecule has 3 N–H and O–H groups in total. The molecule has 1 aliphatic heterocycles. The molecule has 4 rings (SSSR count). The van der Waals surface area contributed by atoms with Gasteiger partial charge in [-0.3, -0.25) is 0 Å². The lowest BCUT2D eigenvalue weighted by molar-refractivity contribution is 0.0524. The zero-order valence-electron chi connectivity index (χ0n) is 17.1.